The minimum absolute atomic E-state index is 0.0489. The Labute approximate surface area is 113 Å². The Morgan fingerprint density at radius 3 is 2.58 bits per heavy atom. The van der Waals surface area contributed by atoms with Gasteiger partial charge in [-0.1, -0.05) is 13.8 Å². The Morgan fingerprint density at radius 2 is 2.05 bits per heavy atom. The molecule has 0 bridgehead atoms. The molecule has 19 heavy (non-hydrogen) atoms. The minimum atomic E-state index is -0.410. The molecule has 1 N–H and O–H groups in total. The van der Waals surface area contributed by atoms with E-state index in [1.165, 1.54) is 19.0 Å². The zero-order valence-electron chi connectivity index (χ0n) is 11.8. The van der Waals surface area contributed by atoms with Crippen LogP contribution in [-0.4, -0.2) is 15.9 Å². The summed E-state index contributed by atoms with van der Waals surface area (Å²) in [4.78, 5) is 14.4. The number of nitro groups is 1. The average molecular weight is 263 g/mol. The second kappa shape index (κ2) is 5.15. The SMILES string of the molecule is Cc1cc([N+](=O)[O-])cnc1NC1CCC(C)(C)CC1. The van der Waals surface area contributed by atoms with Crippen LogP contribution in [0.2, 0.25) is 0 Å². The number of aromatic nitrogens is 1. The molecular formula is C14H21N3O2. The second-order valence-electron chi connectivity index (χ2n) is 6.20. The van der Waals surface area contributed by atoms with Gasteiger partial charge in [0.05, 0.1) is 4.92 Å². The molecule has 0 unspecified atom stereocenters. The molecule has 1 saturated carbocycles. The first-order valence-electron chi connectivity index (χ1n) is 6.75. The van der Waals surface area contributed by atoms with E-state index in [1.54, 1.807) is 6.07 Å². The lowest BCUT2D eigenvalue weighted by molar-refractivity contribution is -0.385. The van der Waals surface area contributed by atoms with Gasteiger partial charge in [-0.25, -0.2) is 4.98 Å². The summed E-state index contributed by atoms with van der Waals surface area (Å²) in [6.45, 7) is 6.46. The Bertz CT molecular complexity index is 476. The van der Waals surface area contributed by atoms with Crippen LogP contribution in [0.3, 0.4) is 0 Å². The molecule has 5 heteroatoms. The van der Waals surface area contributed by atoms with Gasteiger partial charge in [-0.05, 0) is 43.6 Å². The lowest BCUT2D eigenvalue weighted by Crippen LogP contribution is -2.30. The van der Waals surface area contributed by atoms with Gasteiger partial charge in [0.2, 0.25) is 0 Å². The fraction of sp³-hybridized carbons (Fsp3) is 0.643. The van der Waals surface area contributed by atoms with E-state index >= 15 is 0 Å². The van der Waals surface area contributed by atoms with Gasteiger partial charge in [-0.2, -0.15) is 0 Å². The van der Waals surface area contributed by atoms with Crippen molar-refractivity contribution in [3.8, 4) is 0 Å². The van der Waals surface area contributed by atoms with Gasteiger partial charge in [-0.15, -0.1) is 0 Å². The van der Waals surface area contributed by atoms with Crippen LogP contribution < -0.4 is 5.32 Å². The fourth-order valence-electron chi connectivity index (χ4n) is 2.55. The van der Waals surface area contributed by atoms with Crippen molar-refractivity contribution in [2.24, 2.45) is 5.41 Å². The number of pyridine rings is 1. The van der Waals surface area contributed by atoms with E-state index < -0.39 is 4.92 Å². The lowest BCUT2D eigenvalue weighted by atomic mass is 9.75. The average Bonchev–Trinajstić information content (AvgIpc) is 2.34. The first-order valence-corrected chi connectivity index (χ1v) is 6.75. The largest absolute Gasteiger partial charge is 0.367 e. The first-order chi connectivity index (χ1) is 8.87. The molecule has 0 radical (unpaired) electrons. The Kier molecular flexibility index (Phi) is 3.73. The predicted molar refractivity (Wildman–Crippen MR) is 75.3 cm³/mol. The highest BCUT2D eigenvalue weighted by atomic mass is 16.6. The standard InChI is InChI=1S/C14H21N3O2/c1-10-8-12(17(18)19)9-15-13(10)16-11-4-6-14(2,3)7-5-11/h8-9,11H,4-7H2,1-3H3,(H,15,16). The number of aryl methyl sites for hydroxylation is 1. The fourth-order valence-corrected chi connectivity index (χ4v) is 2.55. The molecule has 0 amide bonds. The van der Waals surface area contributed by atoms with Crippen molar-refractivity contribution >= 4 is 11.5 Å². The van der Waals surface area contributed by atoms with Crippen LogP contribution in [0.1, 0.15) is 45.1 Å². The van der Waals surface area contributed by atoms with Crippen molar-refractivity contribution in [2.45, 2.75) is 52.5 Å². The number of rotatable bonds is 3. The molecule has 0 spiro atoms. The number of hydrogen-bond acceptors (Lipinski definition) is 4. The zero-order chi connectivity index (χ0) is 14.0. The highest BCUT2D eigenvalue weighted by Crippen LogP contribution is 2.36. The van der Waals surface area contributed by atoms with E-state index in [4.69, 9.17) is 0 Å². The smallest absolute Gasteiger partial charge is 0.287 e. The number of hydrogen-bond donors (Lipinski definition) is 1. The lowest BCUT2D eigenvalue weighted by Gasteiger charge is -2.35. The minimum Gasteiger partial charge on any atom is -0.367 e. The predicted octanol–water partition coefficient (Wildman–Crippen LogP) is 3.68. The molecule has 104 valence electrons. The van der Waals surface area contributed by atoms with E-state index in [1.807, 2.05) is 6.92 Å². The maximum absolute atomic E-state index is 10.7. The van der Waals surface area contributed by atoms with Crippen molar-refractivity contribution < 1.29 is 4.92 Å². The van der Waals surface area contributed by atoms with Gasteiger partial charge in [0.15, 0.2) is 0 Å². The molecule has 0 aromatic carbocycles. The third-order valence-electron chi connectivity index (χ3n) is 3.95. The van der Waals surface area contributed by atoms with Crippen LogP contribution in [0.5, 0.6) is 0 Å². The van der Waals surface area contributed by atoms with E-state index in [2.05, 4.69) is 24.1 Å². The Hall–Kier alpha value is -1.65. The maximum Gasteiger partial charge on any atom is 0.287 e. The van der Waals surface area contributed by atoms with Crippen LogP contribution in [-0.2, 0) is 0 Å². The van der Waals surface area contributed by atoms with E-state index in [0.717, 1.165) is 24.2 Å². The molecule has 5 nitrogen and oxygen atoms in total. The van der Waals surface area contributed by atoms with Crippen LogP contribution in [0.25, 0.3) is 0 Å². The number of nitrogens with one attached hydrogen (secondary N) is 1. The van der Waals surface area contributed by atoms with Crippen LogP contribution >= 0.6 is 0 Å². The quantitative estimate of drug-likeness (QED) is 0.667. The first kappa shape index (κ1) is 13.8. The number of nitrogens with zero attached hydrogens (tertiary/aromatic N) is 2. The van der Waals surface area contributed by atoms with Crippen LogP contribution in [0, 0.1) is 22.5 Å². The topological polar surface area (TPSA) is 68.1 Å². The molecule has 1 aromatic heterocycles. The van der Waals surface area contributed by atoms with Gasteiger partial charge >= 0.3 is 0 Å². The summed E-state index contributed by atoms with van der Waals surface area (Å²) in [7, 11) is 0. The van der Waals surface area contributed by atoms with Gasteiger partial charge in [0.25, 0.3) is 5.69 Å². The molecule has 1 aromatic rings. The second-order valence-corrected chi connectivity index (χ2v) is 6.20. The van der Waals surface area contributed by atoms with Crippen molar-refractivity contribution in [3.05, 3.63) is 27.9 Å². The summed E-state index contributed by atoms with van der Waals surface area (Å²) in [5.41, 5.74) is 1.32. The van der Waals surface area contributed by atoms with Crippen LogP contribution in [0.4, 0.5) is 11.5 Å². The normalized spacial score (nSPS) is 19.1. The van der Waals surface area contributed by atoms with Crippen molar-refractivity contribution in [1.29, 1.82) is 0 Å². The molecule has 0 aliphatic heterocycles. The maximum atomic E-state index is 10.7. The molecule has 1 aliphatic carbocycles. The summed E-state index contributed by atoms with van der Waals surface area (Å²) in [6, 6.07) is 2.00. The van der Waals surface area contributed by atoms with E-state index in [9.17, 15) is 10.1 Å². The summed E-state index contributed by atoms with van der Waals surface area (Å²) in [6.07, 6.45) is 5.99. The van der Waals surface area contributed by atoms with E-state index in [0.29, 0.717) is 11.5 Å². The number of anilines is 1. The summed E-state index contributed by atoms with van der Waals surface area (Å²) < 4.78 is 0. The molecule has 2 rings (SSSR count). The Morgan fingerprint density at radius 1 is 1.42 bits per heavy atom. The summed E-state index contributed by atoms with van der Waals surface area (Å²) >= 11 is 0. The molecule has 0 saturated heterocycles. The van der Waals surface area contributed by atoms with Gasteiger partial charge in [0, 0.05) is 12.1 Å². The van der Waals surface area contributed by atoms with Gasteiger partial charge < -0.3 is 5.32 Å². The molecule has 0 atom stereocenters. The summed E-state index contributed by atoms with van der Waals surface area (Å²) in [5, 5.41) is 14.1. The highest BCUT2D eigenvalue weighted by Gasteiger charge is 2.27. The van der Waals surface area contributed by atoms with Crippen molar-refractivity contribution in [1.82, 2.24) is 4.98 Å². The van der Waals surface area contributed by atoms with Crippen molar-refractivity contribution in [2.75, 3.05) is 5.32 Å². The Balaban J connectivity index is 2.02. The molecule has 1 fully saturated rings. The molecule has 1 heterocycles. The monoisotopic (exact) mass is 263 g/mol. The van der Waals surface area contributed by atoms with Gasteiger partial charge in [0.1, 0.15) is 12.0 Å². The van der Waals surface area contributed by atoms with Crippen molar-refractivity contribution in [3.63, 3.8) is 0 Å². The molecular weight excluding hydrogens is 242 g/mol. The third-order valence-corrected chi connectivity index (χ3v) is 3.95. The van der Waals surface area contributed by atoms with E-state index in [-0.39, 0.29) is 5.69 Å². The highest BCUT2D eigenvalue weighted by molar-refractivity contribution is 5.48. The van der Waals surface area contributed by atoms with Gasteiger partial charge in [-0.3, -0.25) is 10.1 Å². The molecule has 1 aliphatic rings. The van der Waals surface area contributed by atoms with Crippen LogP contribution in [0.15, 0.2) is 12.3 Å². The summed E-state index contributed by atoms with van der Waals surface area (Å²) in [5.74, 6) is 0.773. The zero-order valence-corrected chi connectivity index (χ0v) is 11.8. The third kappa shape index (κ3) is 3.43.